The van der Waals surface area contributed by atoms with Gasteiger partial charge < -0.3 is 20.1 Å². The van der Waals surface area contributed by atoms with E-state index in [1.165, 1.54) is 0 Å². The molecule has 5 atom stereocenters. The molecule has 1 heterocycles. The zero-order valence-corrected chi connectivity index (χ0v) is 16.5. The molecular weight excluding hydrogens is 384 g/mol. The number of carbonyl (C=O) groups excluding carboxylic acids is 3. The Morgan fingerprint density at radius 1 is 1.03 bits per heavy atom. The van der Waals surface area contributed by atoms with Gasteiger partial charge in [-0.1, -0.05) is 6.07 Å². The largest absolute Gasteiger partial charge is 0.497 e. The molecule has 3 aliphatic rings. The molecule has 3 fully saturated rings. The standard InChI is InChI=1S/C23H22N2O5/c1-29-16-4-2-3-15(11-16)25-21(26)12-5-7-14(8-6-12)24-22(27)19-13-9-17-18(10-13)30-23(28)20(17)19/h2-8,11,13,17-20H,9-10H2,1H3,(H,24,27)(H,25,26)/t13-,17+,18-,19-,20+/m1/s1. The Labute approximate surface area is 173 Å². The van der Waals surface area contributed by atoms with Crippen LogP contribution in [0.5, 0.6) is 5.75 Å². The molecule has 5 rings (SSSR count). The molecule has 2 aromatic rings. The van der Waals surface area contributed by atoms with Gasteiger partial charge in [0.2, 0.25) is 5.91 Å². The molecule has 2 aromatic carbocycles. The first-order valence-electron chi connectivity index (χ1n) is 10.1. The number of nitrogens with one attached hydrogen (secondary N) is 2. The SMILES string of the molecule is COc1cccc(NC(=O)c2ccc(NC(=O)[C@@H]3[C@@H]4C[C@@H]5[C@@H]3C(=O)O[C@@H]5C4)cc2)c1. The topological polar surface area (TPSA) is 93.7 Å². The fourth-order valence-electron chi connectivity index (χ4n) is 5.20. The Hall–Kier alpha value is -3.35. The highest BCUT2D eigenvalue weighted by atomic mass is 16.6. The normalized spacial score (nSPS) is 28.2. The van der Waals surface area contributed by atoms with E-state index in [0.717, 1.165) is 12.8 Å². The number of hydrogen-bond acceptors (Lipinski definition) is 5. The highest BCUT2D eigenvalue weighted by molar-refractivity contribution is 6.05. The van der Waals surface area contributed by atoms with E-state index in [1.54, 1.807) is 55.6 Å². The van der Waals surface area contributed by atoms with Gasteiger partial charge in [0.1, 0.15) is 11.9 Å². The fourth-order valence-corrected chi connectivity index (χ4v) is 5.20. The lowest BCUT2D eigenvalue weighted by atomic mass is 9.79. The fraction of sp³-hybridized carbons (Fsp3) is 0.348. The average Bonchev–Trinajstić information content (AvgIpc) is 3.37. The maximum absolute atomic E-state index is 12.8. The van der Waals surface area contributed by atoms with Crippen molar-refractivity contribution in [2.45, 2.75) is 18.9 Å². The molecular formula is C23H22N2O5. The minimum absolute atomic E-state index is 0.0129. The van der Waals surface area contributed by atoms with Crippen LogP contribution in [0.4, 0.5) is 11.4 Å². The number of rotatable bonds is 5. The van der Waals surface area contributed by atoms with Gasteiger partial charge in [-0.15, -0.1) is 0 Å². The van der Waals surface area contributed by atoms with Crippen molar-refractivity contribution in [2.24, 2.45) is 23.7 Å². The summed E-state index contributed by atoms with van der Waals surface area (Å²) in [7, 11) is 1.57. The Morgan fingerprint density at radius 3 is 2.60 bits per heavy atom. The lowest BCUT2D eigenvalue weighted by Crippen LogP contribution is -2.35. The average molecular weight is 406 g/mol. The number of carbonyl (C=O) groups is 3. The van der Waals surface area contributed by atoms with E-state index in [0.29, 0.717) is 22.7 Å². The van der Waals surface area contributed by atoms with Crippen molar-refractivity contribution in [3.63, 3.8) is 0 Å². The maximum Gasteiger partial charge on any atom is 0.310 e. The minimum atomic E-state index is -0.322. The van der Waals surface area contributed by atoms with Crippen molar-refractivity contribution in [2.75, 3.05) is 17.7 Å². The highest BCUT2D eigenvalue weighted by Gasteiger charge is 2.63. The van der Waals surface area contributed by atoms with Gasteiger partial charge in [0.05, 0.1) is 18.9 Å². The van der Waals surface area contributed by atoms with Gasteiger partial charge in [0, 0.05) is 28.9 Å². The summed E-state index contributed by atoms with van der Waals surface area (Å²) in [5.41, 5.74) is 1.70. The minimum Gasteiger partial charge on any atom is -0.497 e. The predicted octanol–water partition coefficient (Wildman–Crippen LogP) is 3.08. The van der Waals surface area contributed by atoms with Crippen molar-refractivity contribution >= 4 is 29.2 Å². The van der Waals surface area contributed by atoms with Crippen molar-refractivity contribution in [3.8, 4) is 5.75 Å². The first-order valence-corrected chi connectivity index (χ1v) is 10.1. The summed E-state index contributed by atoms with van der Waals surface area (Å²) in [5, 5.41) is 5.73. The van der Waals surface area contributed by atoms with Crippen LogP contribution in [0.2, 0.25) is 0 Å². The molecule has 30 heavy (non-hydrogen) atoms. The van der Waals surface area contributed by atoms with Crippen LogP contribution in [0.1, 0.15) is 23.2 Å². The van der Waals surface area contributed by atoms with Crippen LogP contribution in [-0.2, 0) is 14.3 Å². The molecule has 2 N–H and O–H groups in total. The molecule has 2 amide bonds. The number of ether oxygens (including phenoxy) is 2. The zero-order valence-electron chi connectivity index (χ0n) is 16.5. The summed E-state index contributed by atoms with van der Waals surface area (Å²) in [6.45, 7) is 0. The van der Waals surface area contributed by atoms with Crippen LogP contribution in [0.15, 0.2) is 48.5 Å². The van der Waals surface area contributed by atoms with Crippen LogP contribution in [0.3, 0.4) is 0 Å². The van der Waals surface area contributed by atoms with Crippen molar-refractivity contribution < 1.29 is 23.9 Å². The second kappa shape index (κ2) is 7.16. The third kappa shape index (κ3) is 3.10. The van der Waals surface area contributed by atoms with Crippen molar-refractivity contribution in [3.05, 3.63) is 54.1 Å². The van der Waals surface area contributed by atoms with Gasteiger partial charge in [-0.2, -0.15) is 0 Å². The molecule has 1 aliphatic heterocycles. The molecule has 2 saturated carbocycles. The summed E-state index contributed by atoms with van der Waals surface area (Å²) >= 11 is 0. The monoisotopic (exact) mass is 406 g/mol. The molecule has 0 aromatic heterocycles. The molecule has 0 unspecified atom stereocenters. The van der Waals surface area contributed by atoms with Crippen LogP contribution in [0.25, 0.3) is 0 Å². The third-order valence-corrected chi connectivity index (χ3v) is 6.53. The first kappa shape index (κ1) is 18.7. The predicted molar refractivity (Wildman–Crippen MR) is 109 cm³/mol. The van der Waals surface area contributed by atoms with E-state index in [9.17, 15) is 14.4 Å². The van der Waals surface area contributed by atoms with Crippen molar-refractivity contribution in [1.29, 1.82) is 0 Å². The summed E-state index contributed by atoms with van der Waals surface area (Å²) in [4.78, 5) is 37.4. The summed E-state index contributed by atoms with van der Waals surface area (Å²) in [6, 6.07) is 13.8. The first-order chi connectivity index (χ1) is 14.5. The number of benzene rings is 2. The van der Waals surface area contributed by atoms with Gasteiger partial charge in [0.25, 0.3) is 5.91 Å². The van der Waals surface area contributed by atoms with Gasteiger partial charge in [-0.3, -0.25) is 14.4 Å². The Morgan fingerprint density at radius 2 is 1.83 bits per heavy atom. The number of methoxy groups -OCH3 is 1. The number of anilines is 2. The molecule has 0 spiro atoms. The van der Waals surface area contributed by atoms with Gasteiger partial charge in [0.15, 0.2) is 0 Å². The smallest absolute Gasteiger partial charge is 0.310 e. The number of amides is 2. The quantitative estimate of drug-likeness (QED) is 0.745. The third-order valence-electron chi connectivity index (χ3n) is 6.53. The molecule has 2 bridgehead atoms. The van der Waals surface area contributed by atoms with E-state index in [1.807, 2.05) is 0 Å². The second-order valence-electron chi connectivity index (χ2n) is 8.17. The van der Waals surface area contributed by atoms with E-state index in [4.69, 9.17) is 9.47 Å². The molecule has 7 nitrogen and oxygen atoms in total. The number of esters is 1. The van der Waals surface area contributed by atoms with Gasteiger partial charge in [-0.25, -0.2) is 0 Å². The number of hydrogen-bond donors (Lipinski definition) is 2. The Balaban J connectivity index is 1.23. The van der Waals surface area contributed by atoms with E-state index in [-0.39, 0.29) is 47.6 Å². The highest BCUT2D eigenvalue weighted by Crippen LogP contribution is 2.57. The molecule has 7 heteroatoms. The Kier molecular flexibility index (Phi) is 4.46. The van der Waals surface area contributed by atoms with E-state index >= 15 is 0 Å². The van der Waals surface area contributed by atoms with Crippen LogP contribution in [-0.4, -0.2) is 31.0 Å². The Bertz CT molecular complexity index is 1020. The lowest BCUT2D eigenvalue weighted by Gasteiger charge is -2.23. The lowest BCUT2D eigenvalue weighted by molar-refractivity contribution is -0.145. The zero-order chi connectivity index (χ0) is 20.8. The maximum atomic E-state index is 12.8. The van der Waals surface area contributed by atoms with E-state index < -0.39 is 0 Å². The van der Waals surface area contributed by atoms with Crippen molar-refractivity contribution in [1.82, 2.24) is 0 Å². The van der Waals surface area contributed by atoms with Crippen LogP contribution >= 0.6 is 0 Å². The molecule has 154 valence electrons. The van der Waals surface area contributed by atoms with Gasteiger partial charge >= 0.3 is 5.97 Å². The number of fused-ring (bicyclic) bond motifs is 1. The molecule has 0 radical (unpaired) electrons. The molecule has 2 aliphatic carbocycles. The summed E-state index contributed by atoms with van der Waals surface area (Å²) in [6.07, 6.45) is 1.69. The van der Waals surface area contributed by atoms with Gasteiger partial charge in [-0.05, 0) is 55.2 Å². The van der Waals surface area contributed by atoms with Crippen LogP contribution in [0, 0.1) is 23.7 Å². The second-order valence-corrected chi connectivity index (χ2v) is 8.17. The summed E-state index contributed by atoms with van der Waals surface area (Å²) < 4.78 is 10.6. The van der Waals surface area contributed by atoms with E-state index in [2.05, 4.69) is 10.6 Å². The summed E-state index contributed by atoms with van der Waals surface area (Å²) in [5.74, 6) is -0.185. The molecule has 1 saturated heterocycles. The van der Waals surface area contributed by atoms with Crippen LogP contribution < -0.4 is 15.4 Å².